The van der Waals surface area contributed by atoms with Gasteiger partial charge in [-0.05, 0) is 49.8 Å². The van der Waals surface area contributed by atoms with Crippen LogP contribution < -0.4 is 20.9 Å². The normalized spacial score (nSPS) is 10.1. The van der Waals surface area contributed by atoms with Crippen molar-refractivity contribution >= 4 is 29.1 Å². The molecule has 2 amide bonds. The molecule has 2 rings (SSSR count). The summed E-state index contributed by atoms with van der Waals surface area (Å²) in [6.45, 7) is 4.61. The predicted octanol–water partition coefficient (Wildman–Crippen LogP) is 3.51. The topological polar surface area (TPSA) is 79.5 Å². The van der Waals surface area contributed by atoms with Gasteiger partial charge in [0.05, 0.1) is 12.2 Å². The van der Waals surface area contributed by atoms with Gasteiger partial charge in [0.1, 0.15) is 5.75 Å². The van der Waals surface area contributed by atoms with E-state index in [1.165, 1.54) is 0 Å². The Morgan fingerprint density at radius 1 is 0.964 bits per heavy atom. The summed E-state index contributed by atoms with van der Waals surface area (Å²) in [5.74, 6) is -0.257. The first-order valence-corrected chi connectivity index (χ1v) is 9.62. The fourth-order valence-electron chi connectivity index (χ4n) is 2.41. The number of hydrogen-bond acceptors (Lipinski definition) is 4. The molecule has 0 saturated carbocycles. The van der Waals surface area contributed by atoms with Gasteiger partial charge >= 0.3 is 0 Å². The minimum absolute atomic E-state index is 0.00810. The number of ether oxygens (including phenoxy) is 1. The SMILES string of the molecule is CCCCCOc1ccccc1C(=O)NC(=S)NNC(=O)c1ccc(C)cc1. The zero-order chi connectivity index (χ0) is 20.4. The molecule has 0 radical (unpaired) electrons. The molecule has 0 atom stereocenters. The molecule has 6 nitrogen and oxygen atoms in total. The zero-order valence-electron chi connectivity index (χ0n) is 16.1. The third-order valence-corrected chi connectivity index (χ3v) is 4.17. The number of nitrogens with one attached hydrogen (secondary N) is 3. The van der Waals surface area contributed by atoms with E-state index in [0.717, 1.165) is 24.8 Å². The Labute approximate surface area is 170 Å². The van der Waals surface area contributed by atoms with E-state index in [1.54, 1.807) is 30.3 Å². The van der Waals surface area contributed by atoms with Crippen LogP contribution in [0.3, 0.4) is 0 Å². The molecule has 0 heterocycles. The van der Waals surface area contributed by atoms with Gasteiger partial charge in [0.25, 0.3) is 11.8 Å². The van der Waals surface area contributed by atoms with Crippen molar-refractivity contribution in [2.75, 3.05) is 6.61 Å². The molecule has 2 aromatic carbocycles. The molecule has 148 valence electrons. The lowest BCUT2D eigenvalue weighted by Gasteiger charge is -2.13. The molecule has 0 bridgehead atoms. The van der Waals surface area contributed by atoms with E-state index >= 15 is 0 Å². The summed E-state index contributed by atoms with van der Waals surface area (Å²) in [6, 6.07) is 14.1. The van der Waals surface area contributed by atoms with Crippen LogP contribution in [-0.4, -0.2) is 23.5 Å². The summed E-state index contributed by atoms with van der Waals surface area (Å²) >= 11 is 5.09. The van der Waals surface area contributed by atoms with Gasteiger partial charge in [-0.15, -0.1) is 0 Å². The highest BCUT2D eigenvalue weighted by molar-refractivity contribution is 7.80. The zero-order valence-corrected chi connectivity index (χ0v) is 16.9. The lowest BCUT2D eigenvalue weighted by molar-refractivity contribution is 0.0933. The predicted molar refractivity (Wildman–Crippen MR) is 113 cm³/mol. The van der Waals surface area contributed by atoms with Gasteiger partial charge in [-0.25, -0.2) is 0 Å². The van der Waals surface area contributed by atoms with Crippen LogP contribution in [0.1, 0.15) is 52.5 Å². The van der Waals surface area contributed by atoms with Crippen LogP contribution in [0.5, 0.6) is 5.75 Å². The largest absolute Gasteiger partial charge is 0.493 e. The van der Waals surface area contributed by atoms with Gasteiger partial charge < -0.3 is 4.74 Å². The average molecular weight is 400 g/mol. The van der Waals surface area contributed by atoms with Crippen LogP contribution >= 0.6 is 12.2 Å². The molecule has 0 saturated heterocycles. The summed E-state index contributed by atoms with van der Waals surface area (Å²) in [4.78, 5) is 24.6. The number of carbonyl (C=O) groups excluding carboxylic acids is 2. The maximum atomic E-state index is 12.5. The van der Waals surface area contributed by atoms with Gasteiger partial charge in [-0.2, -0.15) is 0 Å². The van der Waals surface area contributed by atoms with E-state index in [1.807, 2.05) is 25.1 Å². The number of hydrazine groups is 1. The van der Waals surface area contributed by atoms with Crippen molar-refractivity contribution < 1.29 is 14.3 Å². The maximum Gasteiger partial charge on any atom is 0.269 e. The van der Waals surface area contributed by atoms with Crippen molar-refractivity contribution in [2.24, 2.45) is 0 Å². The van der Waals surface area contributed by atoms with Crippen LogP contribution in [0.2, 0.25) is 0 Å². The summed E-state index contributed by atoms with van der Waals surface area (Å²) in [5.41, 5.74) is 6.92. The number of amides is 2. The molecule has 0 aliphatic carbocycles. The summed E-state index contributed by atoms with van der Waals surface area (Å²) < 4.78 is 5.71. The van der Waals surface area contributed by atoms with E-state index < -0.39 is 5.91 Å². The van der Waals surface area contributed by atoms with E-state index in [2.05, 4.69) is 23.1 Å². The van der Waals surface area contributed by atoms with Crippen LogP contribution in [0.4, 0.5) is 0 Å². The molecule has 0 aliphatic rings. The van der Waals surface area contributed by atoms with Crippen molar-refractivity contribution in [1.29, 1.82) is 0 Å². The Morgan fingerprint density at radius 2 is 1.68 bits per heavy atom. The molecule has 0 aliphatic heterocycles. The maximum absolute atomic E-state index is 12.5. The molecule has 0 aromatic heterocycles. The van der Waals surface area contributed by atoms with Crippen molar-refractivity contribution in [2.45, 2.75) is 33.1 Å². The van der Waals surface area contributed by atoms with Gasteiger partial charge in [-0.1, -0.05) is 49.6 Å². The number of hydrogen-bond donors (Lipinski definition) is 3. The van der Waals surface area contributed by atoms with E-state index in [9.17, 15) is 9.59 Å². The van der Waals surface area contributed by atoms with Gasteiger partial charge in [0, 0.05) is 5.56 Å². The average Bonchev–Trinajstić information content (AvgIpc) is 2.70. The quantitative estimate of drug-likeness (QED) is 0.377. The highest BCUT2D eigenvalue weighted by atomic mass is 32.1. The molecule has 3 N–H and O–H groups in total. The highest BCUT2D eigenvalue weighted by Gasteiger charge is 2.14. The first kappa shape index (κ1) is 21.4. The van der Waals surface area contributed by atoms with Gasteiger partial charge in [0.2, 0.25) is 0 Å². The second-order valence-electron chi connectivity index (χ2n) is 6.28. The fourth-order valence-corrected chi connectivity index (χ4v) is 2.55. The molecule has 7 heteroatoms. The van der Waals surface area contributed by atoms with Crippen LogP contribution in [0.15, 0.2) is 48.5 Å². The number of carbonyl (C=O) groups is 2. The molecular weight excluding hydrogens is 374 g/mol. The molecule has 28 heavy (non-hydrogen) atoms. The Hall–Kier alpha value is -2.93. The van der Waals surface area contributed by atoms with Crippen LogP contribution in [0.25, 0.3) is 0 Å². The minimum atomic E-state index is -0.409. The van der Waals surface area contributed by atoms with E-state index in [-0.39, 0.29) is 11.0 Å². The monoisotopic (exact) mass is 399 g/mol. The van der Waals surface area contributed by atoms with E-state index in [4.69, 9.17) is 17.0 Å². The van der Waals surface area contributed by atoms with E-state index in [0.29, 0.717) is 23.5 Å². The highest BCUT2D eigenvalue weighted by Crippen LogP contribution is 2.18. The number of para-hydroxylation sites is 1. The first-order chi connectivity index (χ1) is 13.5. The molecule has 0 spiro atoms. The number of benzene rings is 2. The number of thiocarbonyl (C=S) groups is 1. The smallest absolute Gasteiger partial charge is 0.269 e. The van der Waals surface area contributed by atoms with Crippen LogP contribution in [0, 0.1) is 6.92 Å². The van der Waals surface area contributed by atoms with Crippen LogP contribution in [-0.2, 0) is 0 Å². The lowest BCUT2D eigenvalue weighted by Crippen LogP contribution is -2.48. The Bertz CT molecular complexity index is 822. The van der Waals surface area contributed by atoms with Gasteiger partial charge in [0.15, 0.2) is 5.11 Å². The Morgan fingerprint density at radius 3 is 2.39 bits per heavy atom. The molecule has 2 aromatic rings. The van der Waals surface area contributed by atoms with Crippen molar-refractivity contribution in [3.05, 3.63) is 65.2 Å². The van der Waals surface area contributed by atoms with Crippen molar-refractivity contribution in [1.82, 2.24) is 16.2 Å². The summed E-state index contributed by atoms with van der Waals surface area (Å²) in [7, 11) is 0. The van der Waals surface area contributed by atoms with Gasteiger partial charge in [-0.3, -0.25) is 25.8 Å². The second kappa shape index (κ2) is 11.0. The third-order valence-electron chi connectivity index (χ3n) is 3.97. The van der Waals surface area contributed by atoms with Crippen molar-refractivity contribution in [3.8, 4) is 5.75 Å². The Kier molecular flexibility index (Phi) is 8.42. The lowest BCUT2D eigenvalue weighted by atomic mass is 10.1. The number of rotatable bonds is 7. The number of unbranched alkanes of at least 4 members (excludes halogenated alkanes) is 2. The summed E-state index contributed by atoms with van der Waals surface area (Å²) in [6.07, 6.45) is 3.10. The second-order valence-corrected chi connectivity index (χ2v) is 6.69. The third kappa shape index (κ3) is 6.66. The standard InChI is InChI=1S/C21H25N3O3S/c1-3-4-7-14-27-18-9-6-5-8-17(18)20(26)22-21(28)24-23-19(25)16-12-10-15(2)11-13-16/h5-6,8-13H,3-4,7,14H2,1-2H3,(H,23,25)(H2,22,24,26,28). The molecular formula is C21H25N3O3S. The number of aryl methyl sites for hydroxylation is 1. The van der Waals surface area contributed by atoms with Crippen molar-refractivity contribution in [3.63, 3.8) is 0 Å². The Balaban J connectivity index is 1.87. The fraction of sp³-hybridized carbons (Fsp3) is 0.286. The molecule has 0 fully saturated rings. The summed E-state index contributed by atoms with van der Waals surface area (Å²) in [5, 5.41) is 2.53. The molecule has 0 unspecified atom stereocenters. The minimum Gasteiger partial charge on any atom is -0.493 e. The first-order valence-electron chi connectivity index (χ1n) is 9.21.